The molecule has 8 nitrogen and oxygen atoms in total. The molecule has 0 bridgehead atoms. The molecule has 6 rings (SSSR count). The number of H-pyrrole nitrogens is 1. The average molecular weight is 432 g/mol. The molecule has 2 aromatic heterocycles. The van der Waals surface area contributed by atoms with Gasteiger partial charge in [-0.25, -0.2) is 4.98 Å². The van der Waals surface area contributed by atoms with Gasteiger partial charge >= 0.3 is 0 Å². The van der Waals surface area contributed by atoms with E-state index in [9.17, 15) is 4.79 Å². The number of likely N-dealkylation sites (tertiary alicyclic amines) is 2. The molecule has 1 amide bonds. The van der Waals surface area contributed by atoms with Crippen LogP contribution in [-0.2, 0) is 13.6 Å². The molecule has 1 unspecified atom stereocenters. The molecular formula is C24H29N7O. The Labute approximate surface area is 187 Å². The van der Waals surface area contributed by atoms with Gasteiger partial charge in [0.2, 0.25) is 0 Å². The number of hydrogen-bond acceptors (Lipinski definition) is 5. The molecule has 32 heavy (non-hydrogen) atoms. The molecule has 1 saturated carbocycles. The third kappa shape index (κ3) is 3.24. The monoisotopic (exact) mass is 431 g/mol. The van der Waals surface area contributed by atoms with Crippen LogP contribution >= 0.6 is 0 Å². The topological polar surface area (TPSA) is 82.9 Å². The number of aryl methyl sites for hydroxylation is 1. The van der Waals surface area contributed by atoms with Crippen LogP contribution in [0.5, 0.6) is 0 Å². The van der Waals surface area contributed by atoms with Crippen molar-refractivity contribution in [2.24, 2.45) is 12.5 Å². The molecule has 3 aromatic rings. The number of aromatic amines is 1. The standard InChI is InChI=1S/C24H29N7O/c1-16-19(10-25-29(16)2)23(32)31-14-24(15-31)13-30(11-17-6-4-3-5-7-17)12-20(24)22-26-21(27-28-22)18-8-9-18/h3-7,10,18,20H,8-9,11-15H2,1-2H3,(H,26,27,28). The summed E-state index contributed by atoms with van der Waals surface area (Å²) in [6.07, 6.45) is 4.08. The lowest BCUT2D eigenvalue weighted by molar-refractivity contribution is 0.00173. The van der Waals surface area contributed by atoms with Crippen LogP contribution in [0.4, 0.5) is 0 Å². The Morgan fingerprint density at radius 2 is 1.97 bits per heavy atom. The third-order valence-corrected chi connectivity index (χ3v) is 7.52. The summed E-state index contributed by atoms with van der Waals surface area (Å²) in [5.41, 5.74) is 2.95. The van der Waals surface area contributed by atoms with Crippen LogP contribution in [-0.4, -0.2) is 66.8 Å². The first-order valence-corrected chi connectivity index (χ1v) is 11.5. The summed E-state index contributed by atoms with van der Waals surface area (Å²) in [7, 11) is 1.87. The SMILES string of the molecule is Cc1c(C(=O)N2CC3(CN(Cc4ccccc4)CC3c3nc(C4CC4)n[nH]3)C2)cnn1C. The maximum atomic E-state index is 13.1. The zero-order valence-corrected chi connectivity index (χ0v) is 18.7. The first kappa shape index (κ1) is 19.7. The minimum atomic E-state index is 0.0148. The first-order valence-electron chi connectivity index (χ1n) is 11.5. The summed E-state index contributed by atoms with van der Waals surface area (Å²) in [6, 6.07) is 10.6. The van der Waals surface area contributed by atoms with Crippen molar-refractivity contribution in [3.8, 4) is 0 Å². The summed E-state index contributed by atoms with van der Waals surface area (Å²) in [5.74, 6) is 2.83. The molecular weight excluding hydrogens is 402 g/mol. The summed E-state index contributed by atoms with van der Waals surface area (Å²) < 4.78 is 1.76. The average Bonchev–Trinajstić information content (AvgIpc) is 3.23. The Morgan fingerprint density at radius 1 is 1.19 bits per heavy atom. The van der Waals surface area contributed by atoms with Gasteiger partial charge in [0.05, 0.1) is 11.8 Å². The largest absolute Gasteiger partial charge is 0.337 e. The highest BCUT2D eigenvalue weighted by Gasteiger charge is 2.57. The fraction of sp³-hybridized carbons (Fsp3) is 0.500. The Morgan fingerprint density at radius 3 is 2.66 bits per heavy atom. The number of nitrogens with one attached hydrogen (secondary N) is 1. The lowest BCUT2D eigenvalue weighted by Gasteiger charge is -2.50. The van der Waals surface area contributed by atoms with Crippen LogP contribution in [0.25, 0.3) is 0 Å². The van der Waals surface area contributed by atoms with E-state index in [1.54, 1.807) is 10.9 Å². The number of benzene rings is 1. The predicted molar refractivity (Wildman–Crippen MR) is 119 cm³/mol. The van der Waals surface area contributed by atoms with Gasteiger partial charge in [0, 0.05) is 62.7 Å². The van der Waals surface area contributed by atoms with Crippen molar-refractivity contribution in [3.63, 3.8) is 0 Å². The highest BCUT2D eigenvalue weighted by Crippen LogP contribution is 2.49. The molecule has 4 heterocycles. The Balaban J connectivity index is 1.24. The van der Waals surface area contributed by atoms with Crippen LogP contribution in [0.2, 0.25) is 0 Å². The van der Waals surface area contributed by atoms with E-state index in [0.29, 0.717) is 11.5 Å². The molecule has 166 valence electrons. The van der Waals surface area contributed by atoms with Crippen LogP contribution < -0.4 is 0 Å². The lowest BCUT2D eigenvalue weighted by Crippen LogP contribution is -2.61. The van der Waals surface area contributed by atoms with Crippen molar-refractivity contribution in [2.75, 3.05) is 26.2 Å². The molecule has 2 aliphatic heterocycles. The van der Waals surface area contributed by atoms with E-state index in [0.717, 1.165) is 50.1 Å². The molecule has 8 heteroatoms. The maximum Gasteiger partial charge on any atom is 0.257 e. The number of carbonyl (C=O) groups is 1. The smallest absolute Gasteiger partial charge is 0.257 e. The van der Waals surface area contributed by atoms with Crippen LogP contribution in [0, 0.1) is 12.3 Å². The van der Waals surface area contributed by atoms with Crippen molar-refractivity contribution in [1.29, 1.82) is 0 Å². The Hall–Kier alpha value is -3.00. The Kier molecular flexibility index (Phi) is 4.47. The number of nitrogens with zero attached hydrogens (tertiary/aromatic N) is 6. The van der Waals surface area contributed by atoms with Gasteiger partial charge in [-0.05, 0) is 25.3 Å². The van der Waals surface area contributed by atoms with Gasteiger partial charge in [0.15, 0.2) is 5.82 Å². The molecule has 1 N–H and O–H groups in total. The fourth-order valence-electron chi connectivity index (χ4n) is 5.44. The Bertz CT molecular complexity index is 1140. The molecule has 1 atom stereocenters. The fourth-order valence-corrected chi connectivity index (χ4v) is 5.44. The number of aromatic nitrogens is 5. The van der Waals surface area contributed by atoms with E-state index >= 15 is 0 Å². The number of amides is 1. The lowest BCUT2D eigenvalue weighted by atomic mass is 9.71. The predicted octanol–water partition coefficient (Wildman–Crippen LogP) is 2.47. The molecule has 2 saturated heterocycles. The van der Waals surface area contributed by atoms with E-state index < -0.39 is 0 Å². The van der Waals surface area contributed by atoms with E-state index in [2.05, 4.69) is 50.5 Å². The minimum absolute atomic E-state index is 0.0148. The molecule has 1 aromatic carbocycles. The quantitative estimate of drug-likeness (QED) is 0.671. The van der Waals surface area contributed by atoms with Gasteiger partial charge < -0.3 is 4.90 Å². The summed E-state index contributed by atoms with van der Waals surface area (Å²) in [5, 5.41) is 12.0. The van der Waals surface area contributed by atoms with Gasteiger partial charge in [0.1, 0.15) is 5.82 Å². The number of rotatable bonds is 5. The second-order valence-corrected chi connectivity index (χ2v) is 9.85. The number of carbonyl (C=O) groups excluding carboxylic acids is 1. The zero-order valence-electron chi connectivity index (χ0n) is 18.7. The molecule has 1 spiro atoms. The molecule has 3 aliphatic rings. The maximum absolute atomic E-state index is 13.1. The van der Waals surface area contributed by atoms with Crippen LogP contribution in [0.1, 0.15) is 57.9 Å². The van der Waals surface area contributed by atoms with Gasteiger partial charge in [0.25, 0.3) is 5.91 Å². The third-order valence-electron chi connectivity index (χ3n) is 7.52. The van der Waals surface area contributed by atoms with E-state index in [1.807, 2.05) is 18.9 Å². The van der Waals surface area contributed by atoms with Crippen molar-refractivity contribution >= 4 is 5.91 Å². The summed E-state index contributed by atoms with van der Waals surface area (Å²) >= 11 is 0. The van der Waals surface area contributed by atoms with E-state index in [4.69, 9.17) is 4.98 Å². The van der Waals surface area contributed by atoms with Crippen molar-refractivity contribution in [3.05, 3.63) is 65.0 Å². The van der Waals surface area contributed by atoms with Gasteiger partial charge in [-0.2, -0.15) is 10.2 Å². The van der Waals surface area contributed by atoms with E-state index in [-0.39, 0.29) is 17.2 Å². The van der Waals surface area contributed by atoms with Crippen LogP contribution in [0.3, 0.4) is 0 Å². The highest BCUT2D eigenvalue weighted by molar-refractivity contribution is 5.95. The summed E-state index contributed by atoms with van der Waals surface area (Å²) in [6.45, 7) is 6.25. The van der Waals surface area contributed by atoms with Gasteiger partial charge in [-0.3, -0.25) is 19.5 Å². The minimum Gasteiger partial charge on any atom is -0.337 e. The van der Waals surface area contributed by atoms with Crippen molar-refractivity contribution < 1.29 is 4.79 Å². The molecule has 3 fully saturated rings. The van der Waals surface area contributed by atoms with Crippen molar-refractivity contribution in [1.82, 2.24) is 34.8 Å². The molecule has 0 radical (unpaired) electrons. The van der Waals surface area contributed by atoms with Gasteiger partial charge in [-0.15, -0.1) is 0 Å². The van der Waals surface area contributed by atoms with Crippen molar-refractivity contribution in [2.45, 2.75) is 38.1 Å². The second-order valence-electron chi connectivity index (χ2n) is 9.85. The van der Waals surface area contributed by atoms with E-state index in [1.165, 1.54) is 18.4 Å². The van der Waals surface area contributed by atoms with Gasteiger partial charge in [-0.1, -0.05) is 30.3 Å². The highest BCUT2D eigenvalue weighted by atomic mass is 16.2. The van der Waals surface area contributed by atoms with Crippen LogP contribution in [0.15, 0.2) is 36.5 Å². The first-order chi connectivity index (χ1) is 15.5. The number of hydrogen-bond donors (Lipinski definition) is 1. The zero-order chi connectivity index (χ0) is 21.9. The second kappa shape index (κ2) is 7.27. The normalized spacial score (nSPS) is 22.4. The molecule has 1 aliphatic carbocycles. The summed E-state index contributed by atoms with van der Waals surface area (Å²) in [4.78, 5) is 22.5.